The number of likely N-dealkylation sites (tertiary alicyclic amines) is 1. The number of hydrogen-bond donors (Lipinski definition) is 0. The Morgan fingerprint density at radius 2 is 2.33 bits per heavy atom. The van der Waals surface area contributed by atoms with Gasteiger partial charge in [0.25, 0.3) is 5.91 Å². The standard InChI is InChI=1S/C10H15NO/c1-4-10(12)11-6-5-9(7-11)8(2)3/h1,8-9H,5-7H2,2-3H3/t9-/m1/s1. The normalized spacial score (nSPS) is 22.8. The third-order valence-electron chi connectivity index (χ3n) is 2.58. The lowest BCUT2D eigenvalue weighted by atomic mass is 9.95. The first-order chi connectivity index (χ1) is 5.65. The smallest absolute Gasteiger partial charge is 0.298 e. The van der Waals surface area contributed by atoms with Gasteiger partial charge in [0, 0.05) is 13.1 Å². The van der Waals surface area contributed by atoms with Crippen LogP contribution < -0.4 is 0 Å². The van der Waals surface area contributed by atoms with E-state index in [0.29, 0.717) is 11.8 Å². The van der Waals surface area contributed by atoms with Gasteiger partial charge < -0.3 is 4.90 Å². The summed E-state index contributed by atoms with van der Waals surface area (Å²) in [5.74, 6) is 3.29. The van der Waals surface area contributed by atoms with Crippen molar-refractivity contribution in [3.8, 4) is 12.3 Å². The van der Waals surface area contributed by atoms with Crippen molar-refractivity contribution in [1.82, 2.24) is 4.90 Å². The summed E-state index contributed by atoms with van der Waals surface area (Å²) >= 11 is 0. The fraction of sp³-hybridized carbons (Fsp3) is 0.700. The van der Waals surface area contributed by atoms with Gasteiger partial charge in [0.1, 0.15) is 0 Å². The largest absolute Gasteiger partial charge is 0.332 e. The summed E-state index contributed by atoms with van der Waals surface area (Å²) in [4.78, 5) is 12.8. The molecule has 0 aromatic heterocycles. The van der Waals surface area contributed by atoms with Crippen LogP contribution in [0.3, 0.4) is 0 Å². The van der Waals surface area contributed by atoms with Crippen molar-refractivity contribution in [2.24, 2.45) is 11.8 Å². The highest BCUT2D eigenvalue weighted by Crippen LogP contribution is 2.23. The number of amides is 1. The molecule has 0 bridgehead atoms. The highest BCUT2D eigenvalue weighted by molar-refractivity contribution is 5.93. The van der Waals surface area contributed by atoms with Crippen LogP contribution in [-0.4, -0.2) is 23.9 Å². The van der Waals surface area contributed by atoms with Gasteiger partial charge in [-0.05, 0) is 24.2 Å². The Bertz CT molecular complexity index is 214. The Balaban J connectivity index is 2.47. The quantitative estimate of drug-likeness (QED) is 0.533. The molecule has 1 aliphatic heterocycles. The Morgan fingerprint density at radius 1 is 1.67 bits per heavy atom. The van der Waals surface area contributed by atoms with Crippen LogP contribution in [0.2, 0.25) is 0 Å². The van der Waals surface area contributed by atoms with Crippen LogP contribution in [0, 0.1) is 24.2 Å². The Labute approximate surface area is 73.9 Å². The molecule has 0 saturated carbocycles. The monoisotopic (exact) mass is 165 g/mol. The van der Waals surface area contributed by atoms with E-state index < -0.39 is 0 Å². The second-order valence-corrected chi connectivity index (χ2v) is 3.69. The second-order valence-electron chi connectivity index (χ2n) is 3.69. The van der Waals surface area contributed by atoms with Crippen LogP contribution in [0.15, 0.2) is 0 Å². The van der Waals surface area contributed by atoms with E-state index in [2.05, 4.69) is 19.8 Å². The summed E-state index contributed by atoms with van der Waals surface area (Å²) in [6, 6.07) is 0. The van der Waals surface area contributed by atoms with Gasteiger partial charge in [0.05, 0.1) is 0 Å². The molecule has 2 nitrogen and oxygen atoms in total. The van der Waals surface area contributed by atoms with Gasteiger partial charge >= 0.3 is 0 Å². The van der Waals surface area contributed by atoms with E-state index in [4.69, 9.17) is 6.42 Å². The van der Waals surface area contributed by atoms with E-state index in [0.717, 1.165) is 19.5 Å². The summed E-state index contributed by atoms with van der Waals surface area (Å²) in [7, 11) is 0. The van der Waals surface area contributed by atoms with Crippen molar-refractivity contribution < 1.29 is 4.79 Å². The summed E-state index contributed by atoms with van der Waals surface area (Å²) in [6.45, 7) is 6.07. The van der Waals surface area contributed by atoms with Gasteiger partial charge in [0.15, 0.2) is 0 Å². The molecule has 1 aliphatic rings. The molecule has 66 valence electrons. The maximum Gasteiger partial charge on any atom is 0.298 e. The first kappa shape index (κ1) is 9.12. The fourth-order valence-corrected chi connectivity index (χ4v) is 1.61. The number of carbonyl (C=O) groups excluding carboxylic acids is 1. The predicted octanol–water partition coefficient (Wildman–Crippen LogP) is 1.12. The molecule has 0 unspecified atom stereocenters. The summed E-state index contributed by atoms with van der Waals surface area (Å²) in [5, 5.41) is 0. The van der Waals surface area contributed by atoms with E-state index in [1.807, 2.05) is 0 Å². The molecule has 1 rings (SSSR count). The molecule has 0 spiro atoms. The molecule has 1 fully saturated rings. The van der Waals surface area contributed by atoms with Crippen LogP contribution in [0.1, 0.15) is 20.3 Å². The van der Waals surface area contributed by atoms with Crippen molar-refractivity contribution in [1.29, 1.82) is 0 Å². The Morgan fingerprint density at radius 3 is 2.75 bits per heavy atom. The number of terminal acetylenes is 1. The highest BCUT2D eigenvalue weighted by Gasteiger charge is 2.26. The lowest BCUT2D eigenvalue weighted by Crippen LogP contribution is -2.27. The molecule has 1 atom stereocenters. The molecule has 1 heterocycles. The molecule has 1 amide bonds. The van der Waals surface area contributed by atoms with Crippen molar-refractivity contribution in [3.05, 3.63) is 0 Å². The summed E-state index contributed by atoms with van der Waals surface area (Å²) in [6.07, 6.45) is 6.13. The average molecular weight is 165 g/mol. The maximum absolute atomic E-state index is 11.1. The molecule has 0 aromatic rings. The van der Waals surface area contributed by atoms with Crippen molar-refractivity contribution >= 4 is 5.91 Å². The minimum Gasteiger partial charge on any atom is -0.332 e. The van der Waals surface area contributed by atoms with Crippen molar-refractivity contribution in [2.75, 3.05) is 13.1 Å². The Hall–Kier alpha value is -0.970. The zero-order chi connectivity index (χ0) is 9.14. The van der Waals surface area contributed by atoms with E-state index >= 15 is 0 Å². The first-order valence-corrected chi connectivity index (χ1v) is 4.40. The molecular weight excluding hydrogens is 150 g/mol. The minimum absolute atomic E-state index is 0.154. The van der Waals surface area contributed by atoms with Crippen LogP contribution in [0.4, 0.5) is 0 Å². The van der Waals surface area contributed by atoms with E-state index in [9.17, 15) is 4.79 Å². The van der Waals surface area contributed by atoms with Gasteiger partial charge in [-0.15, -0.1) is 6.42 Å². The van der Waals surface area contributed by atoms with Gasteiger partial charge in [-0.25, -0.2) is 0 Å². The molecule has 2 heteroatoms. The number of carbonyl (C=O) groups is 1. The lowest BCUT2D eigenvalue weighted by Gasteiger charge is -2.15. The summed E-state index contributed by atoms with van der Waals surface area (Å²) in [5.41, 5.74) is 0. The van der Waals surface area contributed by atoms with Crippen LogP contribution >= 0.6 is 0 Å². The van der Waals surface area contributed by atoms with E-state index in [-0.39, 0.29) is 5.91 Å². The Kier molecular flexibility index (Phi) is 2.75. The first-order valence-electron chi connectivity index (χ1n) is 4.40. The summed E-state index contributed by atoms with van der Waals surface area (Å²) < 4.78 is 0. The number of rotatable bonds is 1. The molecular formula is C10H15NO. The zero-order valence-corrected chi connectivity index (χ0v) is 7.71. The highest BCUT2D eigenvalue weighted by atomic mass is 16.2. The zero-order valence-electron chi connectivity index (χ0n) is 7.71. The van der Waals surface area contributed by atoms with Gasteiger partial charge in [-0.1, -0.05) is 13.8 Å². The topological polar surface area (TPSA) is 20.3 Å². The molecule has 1 saturated heterocycles. The second kappa shape index (κ2) is 3.62. The van der Waals surface area contributed by atoms with Crippen molar-refractivity contribution in [2.45, 2.75) is 20.3 Å². The van der Waals surface area contributed by atoms with Crippen LogP contribution in [-0.2, 0) is 4.79 Å². The lowest BCUT2D eigenvalue weighted by molar-refractivity contribution is -0.124. The molecule has 12 heavy (non-hydrogen) atoms. The van der Waals surface area contributed by atoms with Gasteiger partial charge in [-0.3, -0.25) is 4.79 Å². The fourth-order valence-electron chi connectivity index (χ4n) is 1.61. The third-order valence-corrected chi connectivity index (χ3v) is 2.58. The van der Waals surface area contributed by atoms with Gasteiger partial charge in [0.2, 0.25) is 0 Å². The maximum atomic E-state index is 11.1. The molecule has 0 aliphatic carbocycles. The van der Waals surface area contributed by atoms with Crippen molar-refractivity contribution in [3.63, 3.8) is 0 Å². The molecule has 0 aromatic carbocycles. The number of nitrogens with zero attached hydrogens (tertiary/aromatic N) is 1. The molecule has 0 N–H and O–H groups in total. The third kappa shape index (κ3) is 1.79. The average Bonchev–Trinajstić information content (AvgIpc) is 2.51. The van der Waals surface area contributed by atoms with Gasteiger partial charge in [-0.2, -0.15) is 0 Å². The SMILES string of the molecule is C#CC(=O)N1CC[C@@H](C(C)C)C1. The minimum atomic E-state index is -0.154. The van der Waals surface area contributed by atoms with Crippen LogP contribution in [0.5, 0.6) is 0 Å². The van der Waals surface area contributed by atoms with E-state index in [1.165, 1.54) is 0 Å². The predicted molar refractivity (Wildman–Crippen MR) is 48.4 cm³/mol. The van der Waals surface area contributed by atoms with Crippen LogP contribution in [0.25, 0.3) is 0 Å². The number of hydrogen-bond acceptors (Lipinski definition) is 1. The molecule has 0 radical (unpaired) electrons. The van der Waals surface area contributed by atoms with E-state index in [1.54, 1.807) is 4.90 Å².